The highest BCUT2D eigenvalue weighted by Crippen LogP contribution is 2.14. The zero-order valence-corrected chi connectivity index (χ0v) is 7.16. The third-order valence-corrected chi connectivity index (χ3v) is 2.09. The van der Waals surface area contributed by atoms with Crippen LogP contribution in [0.15, 0.2) is 18.3 Å². The van der Waals surface area contributed by atoms with Gasteiger partial charge in [0.1, 0.15) is 6.61 Å². The number of nitrogens with one attached hydrogen (secondary N) is 1. The molecule has 1 N–H and O–H groups in total. The van der Waals surface area contributed by atoms with Crippen molar-refractivity contribution in [3.63, 3.8) is 0 Å². The molecule has 4 heteroatoms. The van der Waals surface area contributed by atoms with Crippen LogP contribution in [0.5, 0.6) is 5.75 Å². The highest BCUT2D eigenvalue weighted by atomic mass is 18.2. The van der Waals surface area contributed by atoms with Crippen molar-refractivity contribution in [3.8, 4) is 5.75 Å². The molecule has 0 amide bonds. The van der Waals surface area contributed by atoms with Crippen LogP contribution in [0.4, 0.5) is 4.39 Å². The molecule has 0 radical (unpaired) electrons. The number of halogens is 1. The van der Waals surface area contributed by atoms with Crippen LogP contribution in [-0.2, 0) is 0 Å². The average molecular weight is 181 g/mol. The second-order valence-corrected chi connectivity index (χ2v) is 3.04. The van der Waals surface area contributed by atoms with Crippen molar-refractivity contribution in [2.75, 3.05) is 13.2 Å². The maximum atomic E-state index is 12.9. The predicted molar refractivity (Wildman–Crippen MR) is 46.1 cm³/mol. The van der Waals surface area contributed by atoms with E-state index in [1.807, 2.05) is 0 Å². The lowest BCUT2D eigenvalue weighted by Crippen LogP contribution is -2.46. The van der Waals surface area contributed by atoms with E-state index in [1.165, 1.54) is 6.20 Å². The van der Waals surface area contributed by atoms with Crippen LogP contribution in [0, 0.1) is 5.95 Å². The van der Waals surface area contributed by atoms with Gasteiger partial charge in [-0.2, -0.15) is 4.39 Å². The summed E-state index contributed by atoms with van der Waals surface area (Å²) in [6.07, 6.45) is 2.51. The van der Waals surface area contributed by atoms with Gasteiger partial charge in [-0.05, 0) is 25.1 Å². The van der Waals surface area contributed by atoms with E-state index in [0.29, 0.717) is 12.6 Å². The van der Waals surface area contributed by atoms with Crippen LogP contribution >= 0.6 is 0 Å². The normalized spacial score (nSPS) is 20.8. The third kappa shape index (κ3) is 1.95. The minimum Gasteiger partial charge on any atom is -0.487 e. The number of ether oxygens (including phenoxy) is 1. The average Bonchev–Trinajstić information content (AvgIpc) is 2.05. The van der Waals surface area contributed by atoms with Gasteiger partial charge < -0.3 is 10.1 Å². The Morgan fingerprint density at radius 1 is 1.69 bits per heavy atom. The summed E-state index contributed by atoms with van der Waals surface area (Å²) in [6.45, 7) is 1.55. The molecule has 1 fully saturated rings. The number of rotatable bonds is 3. The Bertz CT molecular complexity index is 289. The lowest BCUT2D eigenvalue weighted by Gasteiger charge is -2.27. The fourth-order valence-electron chi connectivity index (χ4n) is 1.16. The topological polar surface area (TPSA) is 34.1 Å². The van der Waals surface area contributed by atoms with E-state index in [-0.39, 0.29) is 5.75 Å². The molecule has 3 nitrogen and oxygen atoms in total. The van der Waals surface area contributed by atoms with Gasteiger partial charge in [-0.25, -0.2) is 4.98 Å². The Labute approximate surface area is 75.9 Å². The molecule has 1 saturated heterocycles. The SMILES string of the molecule is [18F]c1ncccc1OC[C@H]1CCN1. The summed E-state index contributed by atoms with van der Waals surface area (Å²) >= 11 is 0. The van der Waals surface area contributed by atoms with Gasteiger partial charge in [-0.1, -0.05) is 0 Å². The molecule has 70 valence electrons. The zero-order chi connectivity index (χ0) is 9.10. The van der Waals surface area contributed by atoms with E-state index in [4.69, 9.17) is 4.74 Å². The van der Waals surface area contributed by atoms with E-state index < -0.39 is 5.95 Å². The van der Waals surface area contributed by atoms with Crippen molar-refractivity contribution in [1.82, 2.24) is 10.3 Å². The van der Waals surface area contributed by atoms with Gasteiger partial charge in [-0.15, -0.1) is 0 Å². The van der Waals surface area contributed by atoms with Crippen molar-refractivity contribution < 1.29 is 9.13 Å². The van der Waals surface area contributed by atoms with E-state index in [1.54, 1.807) is 12.1 Å². The van der Waals surface area contributed by atoms with Gasteiger partial charge in [0.25, 0.3) is 5.95 Å². The molecule has 1 aliphatic heterocycles. The molecule has 0 unspecified atom stereocenters. The van der Waals surface area contributed by atoms with E-state index in [0.717, 1.165) is 13.0 Å². The Kier molecular flexibility index (Phi) is 2.40. The molecule has 2 rings (SSSR count). The van der Waals surface area contributed by atoms with Crippen molar-refractivity contribution in [2.24, 2.45) is 0 Å². The fraction of sp³-hybridized carbons (Fsp3) is 0.444. The molecule has 13 heavy (non-hydrogen) atoms. The minimum atomic E-state index is -0.540. The van der Waals surface area contributed by atoms with Gasteiger partial charge in [0, 0.05) is 12.2 Å². The van der Waals surface area contributed by atoms with Gasteiger partial charge in [0.15, 0.2) is 5.75 Å². The Balaban J connectivity index is 1.89. The zero-order valence-electron chi connectivity index (χ0n) is 7.16. The number of hydrogen-bond acceptors (Lipinski definition) is 3. The summed E-state index contributed by atoms with van der Waals surface area (Å²) < 4.78 is 18.1. The first-order chi connectivity index (χ1) is 6.36. The molecule has 0 saturated carbocycles. The lowest BCUT2D eigenvalue weighted by molar-refractivity contribution is 0.209. The lowest BCUT2D eigenvalue weighted by atomic mass is 10.1. The van der Waals surface area contributed by atoms with Crippen LogP contribution in [0.2, 0.25) is 0 Å². The standard InChI is InChI=1S/C9H11FN2O/c10-9-8(2-1-4-12-9)13-6-7-3-5-11-7/h1-2,4,7,11H,3,5-6H2/t7-/m1/s1/i10-1. The number of aromatic nitrogens is 1. The van der Waals surface area contributed by atoms with Crippen LogP contribution in [0.25, 0.3) is 0 Å². The smallest absolute Gasteiger partial charge is 0.255 e. The van der Waals surface area contributed by atoms with Crippen molar-refractivity contribution in [1.29, 1.82) is 0 Å². The highest BCUT2D eigenvalue weighted by molar-refractivity contribution is 5.17. The van der Waals surface area contributed by atoms with Crippen LogP contribution in [-0.4, -0.2) is 24.2 Å². The van der Waals surface area contributed by atoms with E-state index in [2.05, 4.69) is 10.3 Å². The number of nitrogens with zero attached hydrogens (tertiary/aromatic N) is 1. The second kappa shape index (κ2) is 3.70. The summed E-state index contributed by atoms with van der Waals surface area (Å²) in [5, 5.41) is 3.17. The number of hydrogen-bond donors (Lipinski definition) is 1. The largest absolute Gasteiger partial charge is 0.487 e. The van der Waals surface area contributed by atoms with Gasteiger partial charge >= 0.3 is 0 Å². The van der Waals surface area contributed by atoms with Crippen LogP contribution in [0.1, 0.15) is 6.42 Å². The van der Waals surface area contributed by atoms with E-state index >= 15 is 0 Å². The molecular weight excluding hydrogens is 170 g/mol. The minimum absolute atomic E-state index is 0.233. The summed E-state index contributed by atoms with van der Waals surface area (Å²) in [4.78, 5) is 3.49. The molecule has 0 aliphatic carbocycles. The maximum absolute atomic E-state index is 12.9. The molecule has 0 spiro atoms. The Hall–Kier alpha value is -1.16. The highest BCUT2D eigenvalue weighted by Gasteiger charge is 2.17. The van der Waals surface area contributed by atoms with Crippen molar-refractivity contribution in [2.45, 2.75) is 12.5 Å². The van der Waals surface area contributed by atoms with E-state index in [9.17, 15) is 4.39 Å². The predicted octanol–water partition coefficient (Wildman–Crippen LogP) is 0.961. The van der Waals surface area contributed by atoms with Crippen LogP contribution in [0.3, 0.4) is 0 Å². The molecule has 2 heterocycles. The van der Waals surface area contributed by atoms with Crippen molar-refractivity contribution >= 4 is 0 Å². The third-order valence-electron chi connectivity index (χ3n) is 2.09. The molecule has 1 aromatic heterocycles. The first kappa shape index (κ1) is 8.44. The monoisotopic (exact) mass is 181 g/mol. The van der Waals surface area contributed by atoms with Gasteiger partial charge in [0.2, 0.25) is 0 Å². The first-order valence-electron chi connectivity index (χ1n) is 4.33. The summed E-state index contributed by atoms with van der Waals surface area (Å²) in [6, 6.07) is 3.62. The summed E-state index contributed by atoms with van der Waals surface area (Å²) in [5.41, 5.74) is 0. The first-order valence-corrected chi connectivity index (χ1v) is 4.33. The van der Waals surface area contributed by atoms with Gasteiger partial charge in [-0.3, -0.25) is 0 Å². The summed E-state index contributed by atoms with van der Waals surface area (Å²) in [7, 11) is 0. The van der Waals surface area contributed by atoms with Gasteiger partial charge in [0.05, 0.1) is 0 Å². The summed E-state index contributed by atoms with van der Waals surface area (Å²) in [5.74, 6) is -0.307. The van der Waals surface area contributed by atoms with Crippen LogP contribution < -0.4 is 10.1 Å². The number of pyridine rings is 1. The molecular formula is C9H11FN2O. The Morgan fingerprint density at radius 3 is 3.15 bits per heavy atom. The second-order valence-electron chi connectivity index (χ2n) is 3.04. The molecule has 1 aromatic rings. The Morgan fingerprint density at radius 2 is 2.54 bits per heavy atom. The van der Waals surface area contributed by atoms with Crippen molar-refractivity contribution in [3.05, 3.63) is 24.3 Å². The maximum Gasteiger partial charge on any atom is 0.255 e. The molecule has 1 atom stereocenters. The quantitative estimate of drug-likeness (QED) is 0.705. The molecule has 1 aliphatic rings. The fourth-order valence-corrected chi connectivity index (χ4v) is 1.16. The molecule has 0 bridgehead atoms. The molecule has 0 aromatic carbocycles.